The van der Waals surface area contributed by atoms with Crippen LogP contribution in [0, 0.1) is 5.82 Å². The molecule has 0 aliphatic heterocycles. The molecule has 0 fully saturated rings. The number of aliphatic imine (C=N–C) groups is 1. The first kappa shape index (κ1) is 20.4. The molecule has 0 aliphatic rings. The van der Waals surface area contributed by atoms with E-state index < -0.39 is 16.6 Å². The van der Waals surface area contributed by atoms with Crippen molar-refractivity contribution in [1.29, 1.82) is 0 Å². The summed E-state index contributed by atoms with van der Waals surface area (Å²) < 4.78 is 30.5. The van der Waals surface area contributed by atoms with Gasteiger partial charge in [-0.25, -0.2) is 4.39 Å². The van der Waals surface area contributed by atoms with Crippen molar-refractivity contribution < 1.29 is 13.3 Å². The largest absolute Gasteiger partial charge is 0.494 e. The van der Waals surface area contributed by atoms with Gasteiger partial charge < -0.3 is 15.4 Å². The van der Waals surface area contributed by atoms with Crippen molar-refractivity contribution in [2.24, 2.45) is 4.99 Å². The lowest BCUT2D eigenvalue weighted by Crippen LogP contribution is -2.41. The Morgan fingerprint density at radius 2 is 2.08 bits per heavy atom. The van der Waals surface area contributed by atoms with Gasteiger partial charge in [0, 0.05) is 34.9 Å². The summed E-state index contributed by atoms with van der Waals surface area (Å²) in [5.41, 5.74) is 0.787. The predicted octanol–water partition coefficient (Wildman–Crippen LogP) is 2.61. The second-order valence-electron chi connectivity index (χ2n) is 6.42. The average molecular weight is 357 g/mol. The molecule has 1 aromatic rings. The van der Waals surface area contributed by atoms with Crippen molar-refractivity contribution in [1.82, 2.24) is 10.6 Å². The van der Waals surface area contributed by atoms with Gasteiger partial charge in [0.2, 0.25) is 0 Å². The van der Waals surface area contributed by atoms with E-state index in [1.165, 1.54) is 13.2 Å². The first-order chi connectivity index (χ1) is 11.2. The summed E-state index contributed by atoms with van der Waals surface area (Å²) >= 11 is 0. The van der Waals surface area contributed by atoms with Gasteiger partial charge in [0.15, 0.2) is 17.5 Å². The Morgan fingerprint density at radius 1 is 1.42 bits per heavy atom. The van der Waals surface area contributed by atoms with Crippen LogP contribution in [0.2, 0.25) is 0 Å². The highest BCUT2D eigenvalue weighted by molar-refractivity contribution is 7.86. The van der Waals surface area contributed by atoms with E-state index in [2.05, 4.69) is 15.6 Å². The summed E-state index contributed by atoms with van der Waals surface area (Å²) in [6.07, 6.45) is 0. The maximum atomic E-state index is 13.8. The van der Waals surface area contributed by atoms with Gasteiger partial charge in [-0.2, -0.15) is 0 Å². The van der Waals surface area contributed by atoms with Crippen molar-refractivity contribution in [3.05, 3.63) is 29.6 Å². The Labute approximate surface area is 146 Å². The highest BCUT2D eigenvalue weighted by Gasteiger charge is 2.19. The molecule has 0 radical (unpaired) electrons. The lowest BCUT2D eigenvalue weighted by Gasteiger charge is -2.20. The van der Waals surface area contributed by atoms with Gasteiger partial charge in [-0.3, -0.25) is 9.20 Å². The molecular weight excluding hydrogens is 329 g/mol. The van der Waals surface area contributed by atoms with Gasteiger partial charge >= 0.3 is 0 Å². The van der Waals surface area contributed by atoms with Crippen LogP contribution in [0.1, 0.15) is 39.3 Å². The Kier molecular flexibility index (Phi) is 7.66. The third-order valence-corrected chi connectivity index (χ3v) is 5.46. The number of rotatable bonds is 6. The fourth-order valence-corrected chi connectivity index (χ4v) is 2.90. The molecule has 0 saturated carbocycles. The molecular formula is C17H28FN3O2S. The highest BCUT2D eigenvalue weighted by atomic mass is 32.2. The first-order valence-electron chi connectivity index (χ1n) is 7.88. The Bertz CT molecular complexity index is 600. The normalized spacial score (nSPS) is 14.9. The van der Waals surface area contributed by atoms with Crippen molar-refractivity contribution in [2.45, 2.75) is 38.5 Å². The number of benzene rings is 1. The Hall–Kier alpha value is -1.63. The maximum Gasteiger partial charge on any atom is 0.191 e. The van der Waals surface area contributed by atoms with Crippen LogP contribution in [-0.2, 0) is 10.8 Å². The summed E-state index contributed by atoms with van der Waals surface area (Å²) in [6.45, 7) is 8.33. The lowest BCUT2D eigenvalue weighted by atomic mass is 10.1. The molecule has 0 aliphatic carbocycles. The summed E-state index contributed by atoms with van der Waals surface area (Å²) in [6, 6.07) is 4.72. The molecule has 5 nitrogen and oxygen atoms in total. The molecule has 24 heavy (non-hydrogen) atoms. The molecule has 0 saturated heterocycles. The predicted molar refractivity (Wildman–Crippen MR) is 98.6 cm³/mol. The van der Waals surface area contributed by atoms with Gasteiger partial charge in [-0.05, 0) is 45.4 Å². The second-order valence-corrected chi connectivity index (χ2v) is 8.75. The molecule has 2 unspecified atom stereocenters. The van der Waals surface area contributed by atoms with E-state index in [0.717, 1.165) is 5.56 Å². The highest BCUT2D eigenvalue weighted by Crippen LogP contribution is 2.21. The van der Waals surface area contributed by atoms with Crippen molar-refractivity contribution in [2.75, 3.05) is 26.5 Å². The number of halogens is 1. The van der Waals surface area contributed by atoms with E-state index in [1.54, 1.807) is 13.1 Å². The van der Waals surface area contributed by atoms with Crippen molar-refractivity contribution >= 4 is 16.8 Å². The van der Waals surface area contributed by atoms with Crippen LogP contribution in [0.5, 0.6) is 5.75 Å². The molecule has 1 rings (SSSR count). The van der Waals surface area contributed by atoms with E-state index in [-0.39, 0.29) is 16.5 Å². The number of nitrogens with zero attached hydrogens (tertiary/aromatic N) is 1. The fourth-order valence-electron chi connectivity index (χ4n) is 2.00. The van der Waals surface area contributed by atoms with Gasteiger partial charge in [-0.1, -0.05) is 6.07 Å². The third kappa shape index (κ3) is 6.11. The molecule has 136 valence electrons. The number of guanidine groups is 1. The molecule has 2 N–H and O–H groups in total. The van der Waals surface area contributed by atoms with Crippen LogP contribution in [0.25, 0.3) is 0 Å². The number of hydrogen-bond acceptors (Lipinski definition) is 3. The van der Waals surface area contributed by atoms with E-state index in [9.17, 15) is 8.60 Å². The van der Waals surface area contributed by atoms with Crippen LogP contribution < -0.4 is 15.4 Å². The Morgan fingerprint density at radius 3 is 2.58 bits per heavy atom. The fraction of sp³-hybridized carbons (Fsp3) is 0.588. The molecule has 0 bridgehead atoms. The van der Waals surface area contributed by atoms with Crippen LogP contribution in [0.15, 0.2) is 23.2 Å². The monoisotopic (exact) mass is 357 g/mol. The summed E-state index contributed by atoms with van der Waals surface area (Å²) in [5, 5.41) is 6.33. The van der Waals surface area contributed by atoms with E-state index in [4.69, 9.17) is 4.74 Å². The number of nitrogens with one attached hydrogen (secondary N) is 2. The molecule has 0 aromatic heterocycles. The summed E-state index contributed by atoms with van der Waals surface area (Å²) in [4.78, 5) is 4.15. The van der Waals surface area contributed by atoms with Gasteiger partial charge in [-0.15, -0.1) is 0 Å². The van der Waals surface area contributed by atoms with Crippen molar-refractivity contribution in [3.8, 4) is 5.75 Å². The average Bonchev–Trinajstić information content (AvgIpc) is 2.52. The molecule has 1 aromatic carbocycles. The minimum absolute atomic E-state index is 0.135. The van der Waals surface area contributed by atoms with Crippen LogP contribution >= 0.6 is 0 Å². The number of methoxy groups -OCH3 is 1. The molecule has 0 spiro atoms. The second kappa shape index (κ2) is 9.01. The third-order valence-electron chi connectivity index (χ3n) is 3.52. The van der Waals surface area contributed by atoms with E-state index in [0.29, 0.717) is 18.3 Å². The van der Waals surface area contributed by atoms with Gasteiger partial charge in [0.25, 0.3) is 0 Å². The van der Waals surface area contributed by atoms with E-state index in [1.807, 2.05) is 33.8 Å². The van der Waals surface area contributed by atoms with E-state index >= 15 is 0 Å². The quantitative estimate of drug-likeness (QED) is 0.607. The maximum absolute atomic E-state index is 13.8. The molecule has 7 heteroatoms. The minimum Gasteiger partial charge on any atom is -0.494 e. The molecule has 0 amide bonds. The molecule has 2 atom stereocenters. The smallest absolute Gasteiger partial charge is 0.191 e. The lowest BCUT2D eigenvalue weighted by molar-refractivity contribution is 0.386. The number of hydrogen-bond donors (Lipinski definition) is 2. The van der Waals surface area contributed by atoms with Crippen LogP contribution in [-0.4, -0.2) is 41.4 Å². The van der Waals surface area contributed by atoms with Gasteiger partial charge in [0.05, 0.1) is 13.2 Å². The van der Waals surface area contributed by atoms with Crippen LogP contribution in [0.4, 0.5) is 4.39 Å². The molecule has 0 heterocycles. The zero-order chi connectivity index (χ0) is 18.3. The zero-order valence-corrected chi connectivity index (χ0v) is 16.1. The SMILES string of the molecule is CN=C(NCCS(=O)C(C)(C)C)NC(C)c1ccc(OC)c(F)c1. The number of ether oxygens (including phenoxy) is 1. The zero-order valence-electron chi connectivity index (χ0n) is 15.3. The standard InChI is InChI=1S/C17H28FN3O2S/c1-12(13-7-8-15(23-6)14(18)11-13)21-16(19-5)20-9-10-24(22)17(2,3)4/h7-8,11-12H,9-10H2,1-6H3,(H2,19,20,21). The minimum atomic E-state index is -0.920. The summed E-state index contributed by atoms with van der Waals surface area (Å²) in [5.74, 6) is 0.949. The summed E-state index contributed by atoms with van der Waals surface area (Å²) in [7, 11) is 2.18. The van der Waals surface area contributed by atoms with Crippen molar-refractivity contribution in [3.63, 3.8) is 0 Å². The Balaban J connectivity index is 2.59. The topological polar surface area (TPSA) is 62.7 Å². The first-order valence-corrected chi connectivity index (χ1v) is 9.20. The van der Waals surface area contributed by atoms with Crippen LogP contribution in [0.3, 0.4) is 0 Å². The van der Waals surface area contributed by atoms with Gasteiger partial charge in [0.1, 0.15) is 0 Å².